The Morgan fingerprint density at radius 3 is 3.06 bits per heavy atom. The van der Waals surface area contributed by atoms with Crippen LogP contribution >= 0.6 is 15.9 Å². The average Bonchev–Trinajstić information content (AvgIpc) is 2.89. The first-order valence-corrected chi connectivity index (χ1v) is 6.63. The zero-order valence-electron chi connectivity index (χ0n) is 9.49. The van der Waals surface area contributed by atoms with E-state index >= 15 is 0 Å². The Labute approximate surface area is 109 Å². The van der Waals surface area contributed by atoms with Gasteiger partial charge < -0.3 is 10.3 Å². The smallest absolute Gasteiger partial charge is 0.123 e. The molecule has 0 radical (unpaired) electrons. The van der Waals surface area contributed by atoms with Crippen molar-refractivity contribution in [3.63, 3.8) is 0 Å². The molecule has 4 heteroatoms. The molecule has 1 aromatic carbocycles. The number of hydrogen-bond acceptors (Lipinski definition) is 2. The monoisotopic (exact) mass is 291 g/mol. The Kier molecular flexibility index (Phi) is 2.76. The maximum atomic E-state index is 5.75. The molecule has 0 spiro atoms. The highest BCUT2D eigenvalue weighted by Gasteiger charge is 2.21. The molecule has 0 unspecified atom stereocenters. The van der Waals surface area contributed by atoms with Crippen molar-refractivity contribution < 1.29 is 0 Å². The quantitative estimate of drug-likeness (QED) is 0.925. The van der Waals surface area contributed by atoms with E-state index in [4.69, 9.17) is 5.73 Å². The number of rotatable bonds is 2. The minimum atomic E-state index is 0.515. The van der Waals surface area contributed by atoms with Crippen molar-refractivity contribution >= 4 is 15.9 Å². The van der Waals surface area contributed by atoms with Gasteiger partial charge in [-0.2, -0.15) is 0 Å². The lowest BCUT2D eigenvalue weighted by Gasteiger charge is -2.01. The molecule has 3 nitrogen and oxygen atoms in total. The summed E-state index contributed by atoms with van der Waals surface area (Å²) in [5, 5.41) is 0. The van der Waals surface area contributed by atoms with Crippen molar-refractivity contribution in [1.82, 2.24) is 9.55 Å². The van der Waals surface area contributed by atoms with Crippen LogP contribution < -0.4 is 5.73 Å². The van der Waals surface area contributed by atoms with Crippen LogP contribution in [0, 0.1) is 0 Å². The molecule has 2 N–H and O–H groups in total. The number of nitrogens with two attached hydrogens (primary N) is 1. The van der Waals surface area contributed by atoms with Crippen molar-refractivity contribution in [3.05, 3.63) is 40.3 Å². The van der Waals surface area contributed by atoms with E-state index in [9.17, 15) is 0 Å². The molecule has 0 saturated heterocycles. The third kappa shape index (κ3) is 1.81. The lowest BCUT2D eigenvalue weighted by atomic mass is 10.1. The number of halogens is 1. The summed E-state index contributed by atoms with van der Waals surface area (Å²) in [6.07, 6.45) is 2.31. The van der Waals surface area contributed by atoms with Crippen molar-refractivity contribution in [2.45, 2.75) is 25.9 Å². The van der Waals surface area contributed by atoms with Gasteiger partial charge in [0.05, 0.1) is 12.2 Å². The van der Waals surface area contributed by atoms with Gasteiger partial charge in [0.2, 0.25) is 0 Å². The van der Waals surface area contributed by atoms with Gasteiger partial charge in [-0.25, -0.2) is 4.98 Å². The number of aromatic nitrogens is 2. The molecule has 0 atom stereocenters. The van der Waals surface area contributed by atoms with Gasteiger partial charge in [0.1, 0.15) is 5.82 Å². The van der Waals surface area contributed by atoms with Gasteiger partial charge in [-0.3, -0.25) is 0 Å². The van der Waals surface area contributed by atoms with Gasteiger partial charge in [0.25, 0.3) is 0 Å². The maximum Gasteiger partial charge on any atom is 0.123 e. The first-order chi connectivity index (χ1) is 8.29. The summed E-state index contributed by atoms with van der Waals surface area (Å²) >= 11 is 3.50. The highest BCUT2D eigenvalue weighted by Crippen LogP contribution is 2.30. The van der Waals surface area contributed by atoms with Crippen molar-refractivity contribution in [2.24, 2.45) is 5.73 Å². The predicted molar refractivity (Wildman–Crippen MR) is 71.6 cm³/mol. The molecule has 17 heavy (non-hydrogen) atoms. The fourth-order valence-electron chi connectivity index (χ4n) is 2.48. The lowest BCUT2D eigenvalue weighted by Crippen LogP contribution is -2.06. The van der Waals surface area contributed by atoms with E-state index in [2.05, 4.69) is 37.6 Å². The second-order valence-electron chi connectivity index (χ2n) is 4.29. The molecule has 2 aromatic rings. The van der Waals surface area contributed by atoms with Crippen LogP contribution in [-0.4, -0.2) is 9.55 Å². The first-order valence-electron chi connectivity index (χ1n) is 5.84. The van der Waals surface area contributed by atoms with E-state index < -0.39 is 0 Å². The van der Waals surface area contributed by atoms with Crippen LogP contribution in [0.2, 0.25) is 0 Å². The number of hydrogen-bond donors (Lipinski definition) is 1. The second kappa shape index (κ2) is 4.27. The van der Waals surface area contributed by atoms with Crippen LogP contribution in [0.5, 0.6) is 0 Å². The van der Waals surface area contributed by atoms with Gasteiger partial charge in [0, 0.05) is 22.3 Å². The molecule has 1 aliphatic rings. The number of nitrogens with zero attached hydrogens (tertiary/aromatic N) is 2. The van der Waals surface area contributed by atoms with E-state index in [0.29, 0.717) is 6.54 Å². The van der Waals surface area contributed by atoms with Crippen LogP contribution in [0.4, 0.5) is 0 Å². The lowest BCUT2D eigenvalue weighted by molar-refractivity contribution is 0.689. The zero-order valence-corrected chi connectivity index (χ0v) is 11.1. The molecule has 0 fully saturated rings. The van der Waals surface area contributed by atoms with E-state index in [0.717, 1.165) is 29.0 Å². The number of imidazole rings is 1. The van der Waals surface area contributed by atoms with Crippen molar-refractivity contribution in [3.8, 4) is 11.3 Å². The zero-order chi connectivity index (χ0) is 11.8. The SMILES string of the molecule is NCc1nc(-c2cccc(Br)c2)c2n1CCC2. The summed E-state index contributed by atoms with van der Waals surface area (Å²) in [5.41, 5.74) is 9.36. The molecule has 1 aliphatic heterocycles. The Hall–Kier alpha value is -1.13. The predicted octanol–water partition coefficient (Wildman–Crippen LogP) is 2.72. The van der Waals surface area contributed by atoms with Crippen LogP contribution in [0.15, 0.2) is 28.7 Å². The van der Waals surface area contributed by atoms with E-state index in [1.165, 1.54) is 17.7 Å². The topological polar surface area (TPSA) is 43.8 Å². The molecule has 0 amide bonds. The van der Waals surface area contributed by atoms with Crippen molar-refractivity contribution in [1.29, 1.82) is 0 Å². The van der Waals surface area contributed by atoms with E-state index in [-0.39, 0.29) is 0 Å². The Morgan fingerprint density at radius 1 is 1.41 bits per heavy atom. The molecule has 3 rings (SSSR count). The normalized spacial score (nSPS) is 14.0. The summed E-state index contributed by atoms with van der Waals surface area (Å²) in [5.74, 6) is 1.01. The Bertz CT molecular complexity index is 560. The van der Waals surface area contributed by atoms with Crippen LogP contribution in [0.1, 0.15) is 17.9 Å². The fourth-order valence-corrected chi connectivity index (χ4v) is 2.88. The second-order valence-corrected chi connectivity index (χ2v) is 5.21. The largest absolute Gasteiger partial charge is 0.330 e. The van der Waals surface area contributed by atoms with Gasteiger partial charge >= 0.3 is 0 Å². The fraction of sp³-hybridized carbons (Fsp3) is 0.308. The Morgan fingerprint density at radius 2 is 2.29 bits per heavy atom. The molecule has 0 bridgehead atoms. The molecule has 88 valence electrons. The minimum Gasteiger partial charge on any atom is -0.330 e. The Balaban J connectivity index is 2.15. The molecule has 0 aliphatic carbocycles. The van der Waals surface area contributed by atoms with Gasteiger partial charge in [-0.1, -0.05) is 28.1 Å². The molecule has 2 heterocycles. The van der Waals surface area contributed by atoms with Gasteiger partial charge in [-0.05, 0) is 25.0 Å². The summed E-state index contributed by atoms with van der Waals surface area (Å²) < 4.78 is 3.36. The molecule has 0 saturated carbocycles. The van der Waals surface area contributed by atoms with Crippen LogP contribution in [0.25, 0.3) is 11.3 Å². The van der Waals surface area contributed by atoms with E-state index in [1.807, 2.05) is 12.1 Å². The average molecular weight is 292 g/mol. The molecular formula is C13H14BrN3. The summed E-state index contributed by atoms with van der Waals surface area (Å²) in [7, 11) is 0. The van der Waals surface area contributed by atoms with Gasteiger partial charge in [-0.15, -0.1) is 0 Å². The highest BCUT2D eigenvalue weighted by molar-refractivity contribution is 9.10. The molecule has 1 aromatic heterocycles. The third-order valence-corrected chi connectivity index (χ3v) is 3.72. The highest BCUT2D eigenvalue weighted by atomic mass is 79.9. The maximum absolute atomic E-state index is 5.75. The summed E-state index contributed by atoms with van der Waals surface area (Å²) in [6, 6.07) is 8.29. The van der Waals surface area contributed by atoms with Crippen molar-refractivity contribution in [2.75, 3.05) is 0 Å². The number of benzene rings is 1. The van der Waals surface area contributed by atoms with Crippen LogP contribution in [-0.2, 0) is 19.5 Å². The molecular weight excluding hydrogens is 278 g/mol. The van der Waals surface area contributed by atoms with Crippen LogP contribution in [0.3, 0.4) is 0 Å². The third-order valence-electron chi connectivity index (χ3n) is 3.23. The van der Waals surface area contributed by atoms with E-state index in [1.54, 1.807) is 0 Å². The first kappa shape index (κ1) is 11.0. The standard InChI is InChI=1S/C13H14BrN3/c14-10-4-1-3-9(7-10)13-11-5-2-6-17(11)12(8-15)16-13/h1,3-4,7H,2,5-6,8,15H2. The van der Waals surface area contributed by atoms with Gasteiger partial charge in [0.15, 0.2) is 0 Å². The summed E-state index contributed by atoms with van der Waals surface area (Å²) in [4.78, 5) is 4.68. The summed E-state index contributed by atoms with van der Waals surface area (Å²) in [6.45, 7) is 1.57. The number of fused-ring (bicyclic) bond motifs is 1. The minimum absolute atomic E-state index is 0.515.